The smallest absolute Gasteiger partial charge is 0.123 e. The number of benzene rings is 1. The Hall–Kier alpha value is -0.480. The summed E-state index contributed by atoms with van der Waals surface area (Å²) in [6, 6.07) is 2.69. The van der Waals surface area contributed by atoms with Gasteiger partial charge in [-0.15, -0.1) is 12.4 Å². The molecule has 0 saturated heterocycles. The fraction of sp³-hybridized carbons (Fsp3) is 0.538. The van der Waals surface area contributed by atoms with Gasteiger partial charge in [-0.2, -0.15) is 0 Å². The monoisotopic (exact) mass is 293 g/mol. The van der Waals surface area contributed by atoms with Gasteiger partial charge in [0.05, 0.1) is 12.1 Å². The minimum atomic E-state index is -0.654. The maximum Gasteiger partial charge on any atom is 0.123 e. The Morgan fingerprint density at radius 2 is 2.00 bits per heavy atom. The highest BCUT2D eigenvalue weighted by Crippen LogP contribution is 2.32. The molecule has 1 aromatic rings. The Kier molecular flexibility index (Phi) is 7.64. The van der Waals surface area contributed by atoms with Crippen molar-refractivity contribution in [2.75, 3.05) is 0 Å². The summed E-state index contributed by atoms with van der Waals surface area (Å²) < 4.78 is 0. The highest BCUT2D eigenvalue weighted by molar-refractivity contribution is 6.30. The van der Waals surface area contributed by atoms with Gasteiger partial charge in [0.25, 0.3) is 0 Å². The van der Waals surface area contributed by atoms with E-state index < -0.39 is 12.1 Å². The summed E-state index contributed by atoms with van der Waals surface area (Å²) in [5.41, 5.74) is 7.13. The number of aliphatic hydroxyl groups is 1. The molecule has 1 rings (SSSR count). The number of phenols is 1. The lowest BCUT2D eigenvalue weighted by molar-refractivity contribution is 0.131. The number of aliphatic hydroxyl groups excluding tert-OH is 1. The normalized spacial score (nSPS) is 13.8. The van der Waals surface area contributed by atoms with Crippen molar-refractivity contribution in [3.8, 4) is 5.75 Å². The van der Waals surface area contributed by atoms with Gasteiger partial charge in [0.15, 0.2) is 0 Å². The second-order valence-corrected chi connectivity index (χ2v) is 4.83. The molecule has 0 aliphatic carbocycles. The lowest BCUT2D eigenvalue weighted by Gasteiger charge is -2.21. The molecule has 0 aromatic heterocycles. The van der Waals surface area contributed by atoms with Crippen LogP contribution in [0.4, 0.5) is 0 Å². The number of aromatic hydroxyl groups is 1. The van der Waals surface area contributed by atoms with Crippen molar-refractivity contribution < 1.29 is 10.2 Å². The zero-order chi connectivity index (χ0) is 13.0. The number of aryl methyl sites for hydroxylation is 1. The van der Waals surface area contributed by atoms with E-state index in [9.17, 15) is 10.2 Å². The van der Waals surface area contributed by atoms with Gasteiger partial charge in [-0.25, -0.2) is 0 Å². The van der Waals surface area contributed by atoms with Crippen molar-refractivity contribution >= 4 is 24.0 Å². The fourth-order valence-electron chi connectivity index (χ4n) is 1.82. The molecule has 0 saturated carbocycles. The van der Waals surface area contributed by atoms with Crippen LogP contribution in [0.3, 0.4) is 0 Å². The quantitative estimate of drug-likeness (QED) is 0.780. The Bertz CT molecular complexity index is 385. The van der Waals surface area contributed by atoms with Crippen LogP contribution in [0.15, 0.2) is 12.1 Å². The molecule has 5 heteroatoms. The minimum Gasteiger partial charge on any atom is -0.507 e. The van der Waals surface area contributed by atoms with E-state index in [4.69, 9.17) is 17.3 Å². The molecule has 0 bridgehead atoms. The van der Waals surface area contributed by atoms with Gasteiger partial charge in [-0.3, -0.25) is 0 Å². The minimum absolute atomic E-state index is 0. The predicted molar refractivity (Wildman–Crippen MR) is 77.6 cm³/mol. The first-order valence-corrected chi connectivity index (χ1v) is 6.27. The highest BCUT2D eigenvalue weighted by atomic mass is 35.5. The molecule has 2 atom stereocenters. The zero-order valence-electron chi connectivity index (χ0n) is 10.7. The van der Waals surface area contributed by atoms with Gasteiger partial charge in [0, 0.05) is 10.6 Å². The lowest BCUT2D eigenvalue weighted by Crippen LogP contribution is -2.26. The highest BCUT2D eigenvalue weighted by Gasteiger charge is 2.20. The summed E-state index contributed by atoms with van der Waals surface area (Å²) in [5, 5.41) is 20.4. The average Bonchev–Trinajstić information content (AvgIpc) is 2.29. The molecule has 0 aliphatic rings. The molecular formula is C13H21Cl2NO2. The number of unbranched alkanes of at least 4 members (excludes halogenated alkanes) is 1. The van der Waals surface area contributed by atoms with Gasteiger partial charge >= 0.3 is 0 Å². The molecule has 1 aromatic carbocycles. The maximum atomic E-state index is 9.93. The number of rotatable bonds is 5. The standard InChI is InChI=1S/C13H20ClNO2.ClH/c1-3-4-5-11(16)12(15)10-7-9(14)6-8(2)13(10)17;/h6-7,11-12,16-17H,3-5,15H2,1-2H3;1H/t11-,12+;/m0./s1. The zero-order valence-corrected chi connectivity index (χ0v) is 12.3. The van der Waals surface area contributed by atoms with E-state index in [1.54, 1.807) is 19.1 Å². The molecule has 3 nitrogen and oxygen atoms in total. The van der Waals surface area contributed by atoms with E-state index in [0.717, 1.165) is 12.8 Å². The van der Waals surface area contributed by atoms with Crippen LogP contribution in [-0.4, -0.2) is 16.3 Å². The van der Waals surface area contributed by atoms with Crippen molar-refractivity contribution in [3.05, 3.63) is 28.3 Å². The van der Waals surface area contributed by atoms with Gasteiger partial charge in [0.2, 0.25) is 0 Å². The van der Waals surface area contributed by atoms with Crippen molar-refractivity contribution in [2.24, 2.45) is 5.73 Å². The van der Waals surface area contributed by atoms with Crippen LogP contribution in [0.5, 0.6) is 5.75 Å². The van der Waals surface area contributed by atoms with Gasteiger partial charge < -0.3 is 15.9 Å². The van der Waals surface area contributed by atoms with E-state index in [1.165, 1.54) is 0 Å². The average molecular weight is 294 g/mol. The van der Waals surface area contributed by atoms with Crippen LogP contribution >= 0.6 is 24.0 Å². The second-order valence-electron chi connectivity index (χ2n) is 4.40. The molecule has 0 spiro atoms. The van der Waals surface area contributed by atoms with Crippen LogP contribution in [0.2, 0.25) is 5.02 Å². The first kappa shape index (κ1) is 17.5. The summed E-state index contributed by atoms with van der Waals surface area (Å²) in [4.78, 5) is 0. The Balaban J connectivity index is 0.00000289. The first-order valence-electron chi connectivity index (χ1n) is 5.90. The number of hydrogen-bond donors (Lipinski definition) is 3. The van der Waals surface area contributed by atoms with Crippen molar-refractivity contribution in [1.82, 2.24) is 0 Å². The van der Waals surface area contributed by atoms with E-state index in [-0.39, 0.29) is 18.2 Å². The van der Waals surface area contributed by atoms with Crippen molar-refractivity contribution in [3.63, 3.8) is 0 Å². The SMILES string of the molecule is CCCC[C@H](O)[C@H](N)c1cc(Cl)cc(C)c1O.Cl. The molecular weight excluding hydrogens is 273 g/mol. The Labute approximate surface area is 119 Å². The molecule has 18 heavy (non-hydrogen) atoms. The molecule has 0 amide bonds. The summed E-state index contributed by atoms with van der Waals surface area (Å²) in [6.07, 6.45) is 1.89. The van der Waals surface area contributed by atoms with Gasteiger partial charge in [-0.05, 0) is 31.0 Å². The second kappa shape index (κ2) is 7.85. The summed E-state index contributed by atoms with van der Waals surface area (Å²) in [6.45, 7) is 3.81. The lowest BCUT2D eigenvalue weighted by atomic mass is 9.96. The molecule has 4 N–H and O–H groups in total. The number of halogens is 2. The predicted octanol–water partition coefficient (Wildman–Crippen LogP) is 3.33. The van der Waals surface area contributed by atoms with Crippen LogP contribution in [0.1, 0.15) is 43.4 Å². The molecule has 0 unspecified atom stereocenters. The summed E-state index contributed by atoms with van der Waals surface area (Å²) in [7, 11) is 0. The molecule has 0 fully saturated rings. The molecule has 0 aliphatic heterocycles. The Morgan fingerprint density at radius 3 is 2.56 bits per heavy atom. The van der Waals surface area contributed by atoms with Crippen LogP contribution in [0.25, 0.3) is 0 Å². The fourth-order valence-corrected chi connectivity index (χ4v) is 2.10. The number of hydrogen-bond acceptors (Lipinski definition) is 3. The van der Waals surface area contributed by atoms with Crippen LogP contribution in [0, 0.1) is 6.92 Å². The third kappa shape index (κ3) is 4.32. The largest absolute Gasteiger partial charge is 0.507 e. The first-order chi connectivity index (χ1) is 7.97. The van der Waals surface area contributed by atoms with E-state index in [0.29, 0.717) is 22.6 Å². The maximum absolute atomic E-state index is 9.93. The number of phenolic OH excluding ortho intramolecular Hbond substituents is 1. The third-order valence-electron chi connectivity index (χ3n) is 2.92. The third-order valence-corrected chi connectivity index (χ3v) is 3.14. The molecule has 0 heterocycles. The van der Waals surface area contributed by atoms with E-state index >= 15 is 0 Å². The summed E-state index contributed by atoms with van der Waals surface area (Å²) >= 11 is 5.93. The number of nitrogens with two attached hydrogens (primary N) is 1. The topological polar surface area (TPSA) is 66.5 Å². The van der Waals surface area contributed by atoms with Gasteiger partial charge in [0.1, 0.15) is 5.75 Å². The van der Waals surface area contributed by atoms with E-state index in [1.807, 2.05) is 0 Å². The van der Waals surface area contributed by atoms with Crippen LogP contribution in [-0.2, 0) is 0 Å². The van der Waals surface area contributed by atoms with E-state index in [2.05, 4.69) is 6.92 Å². The molecule has 0 radical (unpaired) electrons. The van der Waals surface area contributed by atoms with Crippen molar-refractivity contribution in [1.29, 1.82) is 0 Å². The molecule has 104 valence electrons. The summed E-state index contributed by atoms with van der Waals surface area (Å²) in [5.74, 6) is 0.123. The van der Waals surface area contributed by atoms with Gasteiger partial charge in [-0.1, -0.05) is 31.4 Å². The Morgan fingerprint density at radius 1 is 1.39 bits per heavy atom. The van der Waals surface area contributed by atoms with Crippen LogP contribution < -0.4 is 5.73 Å². The van der Waals surface area contributed by atoms with Crippen molar-refractivity contribution in [2.45, 2.75) is 45.3 Å².